The van der Waals surface area contributed by atoms with E-state index in [1.54, 1.807) is 13.0 Å². The second-order valence-electron chi connectivity index (χ2n) is 7.53. The molecule has 1 fully saturated rings. The van der Waals surface area contributed by atoms with Gasteiger partial charge in [0, 0.05) is 17.1 Å². The lowest BCUT2D eigenvalue weighted by Gasteiger charge is -2.25. The van der Waals surface area contributed by atoms with Gasteiger partial charge in [0.25, 0.3) is 0 Å². The number of halogens is 4. The molecule has 4 rings (SSSR count). The fourth-order valence-electron chi connectivity index (χ4n) is 3.65. The predicted octanol–water partition coefficient (Wildman–Crippen LogP) is 4.80. The van der Waals surface area contributed by atoms with Crippen LogP contribution in [0.2, 0.25) is 0 Å². The summed E-state index contributed by atoms with van der Waals surface area (Å²) < 4.78 is 39.1. The number of hydrogen-bond donors (Lipinski definition) is 3. The number of hydrogen-bond acceptors (Lipinski definition) is 6. The number of benzene rings is 2. The summed E-state index contributed by atoms with van der Waals surface area (Å²) in [6, 6.07) is 11.1. The van der Waals surface area contributed by atoms with Gasteiger partial charge in [0.15, 0.2) is 5.82 Å². The topological polar surface area (TPSA) is 74.8 Å². The van der Waals surface area contributed by atoms with Gasteiger partial charge in [0.2, 0.25) is 0 Å². The molecule has 1 aliphatic rings. The molecule has 6 nitrogen and oxygen atoms in total. The molecule has 166 valence electrons. The van der Waals surface area contributed by atoms with Crippen molar-refractivity contribution in [3.63, 3.8) is 0 Å². The van der Waals surface area contributed by atoms with Crippen molar-refractivity contribution in [3.8, 4) is 0 Å². The first-order valence-corrected chi connectivity index (χ1v) is 9.94. The molecule has 0 bridgehead atoms. The zero-order valence-corrected chi connectivity index (χ0v) is 17.7. The maximum absolute atomic E-state index is 13.0. The van der Waals surface area contributed by atoms with Gasteiger partial charge in [-0.15, -0.1) is 22.6 Å². The second-order valence-corrected chi connectivity index (χ2v) is 7.53. The van der Waals surface area contributed by atoms with Gasteiger partial charge >= 0.3 is 6.18 Å². The third-order valence-electron chi connectivity index (χ3n) is 5.33. The van der Waals surface area contributed by atoms with Crippen LogP contribution in [0.25, 0.3) is 10.9 Å². The highest BCUT2D eigenvalue weighted by atomic mass is 35.5. The number of nitrogens with one attached hydrogen (secondary N) is 3. The molecular weight excluding hydrogens is 429 g/mol. The van der Waals surface area contributed by atoms with E-state index in [0.717, 1.165) is 49.1 Å². The molecule has 3 aromatic rings. The summed E-state index contributed by atoms with van der Waals surface area (Å²) in [6.07, 6.45) is -2.29. The van der Waals surface area contributed by atoms with E-state index in [-0.39, 0.29) is 12.4 Å². The van der Waals surface area contributed by atoms with Gasteiger partial charge in [-0.3, -0.25) is 0 Å². The van der Waals surface area contributed by atoms with E-state index in [1.165, 1.54) is 6.07 Å². The van der Waals surface area contributed by atoms with Crippen LogP contribution in [0.1, 0.15) is 36.9 Å². The van der Waals surface area contributed by atoms with Crippen LogP contribution in [-0.2, 0) is 6.18 Å². The summed E-state index contributed by atoms with van der Waals surface area (Å²) >= 11 is 0. The van der Waals surface area contributed by atoms with Crippen LogP contribution in [0.3, 0.4) is 0 Å². The van der Waals surface area contributed by atoms with E-state index in [2.05, 4.69) is 31.4 Å². The Balaban J connectivity index is 0.00000272. The molecule has 0 saturated carbocycles. The highest BCUT2D eigenvalue weighted by molar-refractivity contribution is 5.91. The molecule has 0 radical (unpaired) electrons. The summed E-state index contributed by atoms with van der Waals surface area (Å²) in [5.74, 6) is 0.485. The van der Waals surface area contributed by atoms with Crippen LogP contribution in [0.5, 0.6) is 0 Å². The van der Waals surface area contributed by atoms with Crippen LogP contribution >= 0.6 is 12.4 Å². The molecule has 1 aromatic heterocycles. The molecule has 1 saturated heterocycles. The number of anilines is 2. The minimum absolute atomic E-state index is 0. The number of fused-ring (bicyclic) bond motifs is 1. The number of alkyl halides is 3. The smallest absolute Gasteiger partial charge is 0.382 e. The Morgan fingerprint density at radius 2 is 1.84 bits per heavy atom. The quantitative estimate of drug-likeness (QED) is 0.516. The van der Waals surface area contributed by atoms with Crippen LogP contribution in [0.15, 0.2) is 42.5 Å². The van der Waals surface area contributed by atoms with Crippen molar-refractivity contribution in [2.45, 2.75) is 38.0 Å². The SMILES string of the molecule is C[C@@H](Nc1nnnc2ccc(NC3CCNCC3)cc12)c1cccc(C(F)(F)F)c1.Cl. The third-order valence-corrected chi connectivity index (χ3v) is 5.33. The van der Waals surface area contributed by atoms with E-state index >= 15 is 0 Å². The maximum Gasteiger partial charge on any atom is 0.416 e. The van der Waals surface area contributed by atoms with Crippen molar-refractivity contribution in [1.82, 2.24) is 20.7 Å². The van der Waals surface area contributed by atoms with Gasteiger partial charge in [-0.25, -0.2) is 0 Å². The number of piperidine rings is 1. The fourth-order valence-corrected chi connectivity index (χ4v) is 3.65. The molecule has 0 unspecified atom stereocenters. The normalized spacial score (nSPS) is 15.9. The van der Waals surface area contributed by atoms with Gasteiger partial charge in [0.1, 0.15) is 0 Å². The molecular formula is C21H24ClF3N6. The summed E-state index contributed by atoms with van der Waals surface area (Å²) in [7, 11) is 0. The molecule has 0 spiro atoms. The average Bonchev–Trinajstić information content (AvgIpc) is 2.74. The number of rotatable bonds is 5. The second kappa shape index (κ2) is 9.65. The van der Waals surface area contributed by atoms with Crippen molar-refractivity contribution in [2.24, 2.45) is 0 Å². The lowest BCUT2D eigenvalue weighted by Crippen LogP contribution is -2.35. The minimum atomic E-state index is -4.38. The molecule has 31 heavy (non-hydrogen) atoms. The lowest BCUT2D eigenvalue weighted by molar-refractivity contribution is -0.137. The Hall–Kier alpha value is -2.65. The van der Waals surface area contributed by atoms with Gasteiger partial charge in [-0.05, 0) is 74.0 Å². The van der Waals surface area contributed by atoms with E-state index in [0.29, 0.717) is 22.9 Å². The zero-order valence-electron chi connectivity index (χ0n) is 16.9. The van der Waals surface area contributed by atoms with Crippen LogP contribution in [0, 0.1) is 0 Å². The minimum Gasteiger partial charge on any atom is -0.382 e. The Bertz CT molecular complexity index is 1020. The van der Waals surface area contributed by atoms with Crippen molar-refractivity contribution in [2.75, 3.05) is 23.7 Å². The Morgan fingerprint density at radius 1 is 1.06 bits per heavy atom. The molecule has 0 aliphatic carbocycles. The molecule has 2 aromatic carbocycles. The summed E-state index contributed by atoms with van der Waals surface area (Å²) in [6.45, 7) is 3.76. The van der Waals surface area contributed by atoms with Crippen molar-refractivity contribution >= 4 is 34.8 Å². The zero-order chi connectivity index (χ0) is 21.1. The Morgan fingerprint density at radius 3 is 2.58 bits per heavy atom. The van der Waals surface area contributed by atoms with Gasteiger partial charge < -0.3 is 16.0 Å². The first-order chi connectivity index (χ1) is 14.4. The van der Waals surface area contributed by atoms with Crippen molar-refractivity contribution in [3.05, 3.63) is 53.6 Å². The molecule has 3 N–H and O–H groups in total. The highest BCUT2D eigenvalue weighted by Crippen LogP contribution is 2.32. The van der Waals surface area contributed by atoms with E-state index in [4.69, 9.17) is 0 Å². The average molecular weight is 453 g/mol. The molecule has 1 atom stereocenters. The van der Waals surface area contributed by atoms with Gasteiger partial charge in [-0.1, -0.05) is 12.1 Å². The molecule has 0 amide bonds. The van der Waals surface area contributed by atoms with Gasteiger partial charge in [-0.2, -0.15) is 13.2 Å². The first kappa shape index (κ1) is 23.0. The lowest BCUT2D eigenvalue weighted by atomic mass is 10.0. The monoisotopic (exact) mass is 452 g/mol. The number of aromatic nitrogens is 3. The van der Waals surface area contributed by atoms with Crippen LogP contribution < -0.4 is 16.0 Å². The van der Waals surface area contributed by atoms with Crippen LogP contribution in [0.4, 0.5) is 24.7 Å². The Kier molecular flexibility index (Phi) is 7.17. The largest absolute Gasteiger partial charge is 0.416 e. The summed E-state index contributed by atoms with van der Waals surface area (Å²) in [5.41, 5.74) is 1.46. The van der Waals surface area contributed by atoms with Crippen molar-refractivity contribution in [1.29, 1.82) is 0 Å². The van der Waals surface area contributed by atoms with Crippen molar-refractivity contribution < 1.29 is 13.2 Å². The molecule has 2 heterocycles. The summed E-state index contributed by atoms with van der Waals surface area (Å²) in [5, 5.41) is 22.8. The molecule has 10 heteroatoms. The predicted molar refractivity (Wildman–Crippen MR) is 118 cm³/mol. The first-order valence-electron chi connectivity index (χ1n) is 9.94. The van der Waals surface area contributed by atoms with E-state index in [9.17, 15) is 13.2 Å². The fraction of sp³-hybridized carbons (Fsp3) is 0.381. The molecule has 1 aliphatic heterocycles. The third kappa shape index (κ3) is 5.54. The van der Waals surface area contributed by atoms with Gasteiger partial charge in [0.05, 0.1) is 17.1 Å². The van der Waals surface area contributed by atoms with Crippen LogP contribution in [-0.4, -0.2) is 34.5 Å². The maximum atomic E-state index is 13.0. The number of nitrogens with zero attached hydrogens (tertiary/aromatic N) is 3. The van der Waals surface area contributed by atoms with E-state index < -0.39 is 17.8 Å². The standard InChI is InChI=1S/C21H23F3N6.ClH/c1-13(14-3-2-4-15(11-14)21(22,23)24)26-20-18-12-17(5-6-19(18)28-30-29-20)27-16-7-9-25-10-8-16;/h2-6,11-13,16,25,27H,7-10H2,1H3,(H,26,28,29);1H/t13-;/m1./s1. The Labute approximate surface area is 184 Å². The summed E-state index contributed by atoms with van der Waals surface area (Å²) in [4.78, 5) is 0. The van der Waals surface area contributed by atoms with E-state index in [1.807, 2.05) is 18.2 Å². The highest BCUT2D eigenvalue weighted by Gasteiger charge is 2.30.